The summed E-state index contributed by atoms with van der Waals surface area (Å²) in [6, 6.07) is 13.3. The number of hydrogen-bond acceptors (Lipinski definition) is 8. The van der Waals surface area contributed by atoms with E-state index in [1.807, 2.05) is 75.5 Å². The fraction of sp³-hybridized carbons (Fsp3) is 0.308. The molecule has 1 aromatic carbocycles. The predicted octanol–water partition coefficient (Wildman–Crippen LogP) is 6.82. The number of nitrogens with zero attached hydrogens (tertiary/aromatic N) is 2. The molecule has 3 aromatic heterocycles. The lowest BCUT2D eigenvalue weighted by Crippen LogP contribution is -2.38. The normalized spacial score (nSPS) is 12.2. The molecule has 0 saturated carbocycles. The quantitative estimate of drug-likeness (QED) is 0.241. The molecule has 1 atom stereocenters. The van der Waals surface area contributed by atoms with Gasteiger partial charge in [0.15, 0.2) is 0 Å². The third-order valence-electron chi connectivity index (χ3n) is 5.04. The fourth-order valence-corrected chi connectivity index (χ4v) is 5.74. The lowest BCUT2D eigenvalue weighted by Gasteiger charge is -2.22. The summed E-state index contributed by atoms with van der Waals surface area (Å²) in [5, 5.41) is 7.52. The molecule has 0 aliphatic heterocycles. The minimum absolute atomic E-state index is 0.0324. The second kappa shape index (κ2) is 11.5. The largest absolute Gasteiger partial charge is 0.444 e. The Hall–Kier alpha value is -3.21. The zero-order chi connectivity index (χ0) is 26.6. The minimum atomic E-state index is -0.638. The molecule has 1 unspecified atom stereocenters. The first kappa shape index (κ1) is 26.8. The van der Waals surface area contributed by atoms with E-state index in [0.717, 1.165) is 20.9 Å². The van der Waals surface area contributed by atoms with Crippen LogP contribution in [-0.2, 0) is 17.7 Å². The maximum Gasteiger partial charge on any atom is 0.414 e. The lowest BCUT2D eigenvalue weighted by molar-refractivity contribution is 0.0508. The lowest BCUT2D eigenvalue weighted by atomic mass is 10.0. The van der Waals surface area contributed by atoms with Crippen molar-refractivity contribution in [2.24, 2.45) is 0 Å². The summed E-state index contributed by atoms with van der Waals surface area (Å²) in [7, 11) is 0. The molecular formula is C26H27ClN4O4S2. The molecule has 4 rings (SSSR count). The SMILES string of the molecule is CC(Cc1sc2c(OC(=O)NCc3cccs3)nc(Cl)nc2c1-c1ccccc1)NC(=O)OC(C)(C)C. The van der Waals surface area contributed by atoms with Gasteiger partial charge in [-0.05, 0) is 56.3 Å². The van der Waals surface area contributed by atoms with Gasteiger partial charge in [0.05, 0.1) is 12.1 Å². The van der Waals surface area contributed by atoms with E-state index in [4.69, 9.17) is 21.1 Å². The van der Waals surface area contributed by atoms with E-state index in [9.17, 15) is 9.59 Å². The number of rotatable bonds is 7. The number of thiophene rings is 2. The Bertz CT molecular complexity index is 1390. The summed E-state index contributed by atoms with van der Waals surface area (Å²) in [4.78, 5) is 35.5. The van der Waals surface area contributed by atoms with Crippen molar-refractivity contribution < 1.29 is 19.1 Å². The number of benzene rings is 1. The number of carbonyl (C=O) groups excluding carboxylic acids is 2. The summed E-state index contributed by atoms with van der Waals surface area (Å²) in [6.07, 6.45) is -0.635. The van der Waals surface area contributed by atoms with Gasteiger partial charge < -0.3 is 20.1 Å². The van der Waals surface area contributed by atoms with Gasteiger partial charge in [0.2, 0.25) is 11.2 Å². The summed E-state index contributed by atoms with van der Waals surface area (Å²) in [5.74, 6) is 0.0832. The number of nitrogens with one attached hydrogen (secondary N) is 2. The number of carbonyl (C=O) groups is 2. The summed E-state index contributed by atoms with van der Waals surface area (Å²) < 4.78 is 11.6. The van der Waals surface area contributed by atoms with E-state index in [0.29, 0.717) is 23.2 Å². The van der Waals surface area contributed by atoms with Crippen molar-refractivity contribution in [3.8, 4) is 17.0 Å². The average Bonchev–Trinajstić information content (AvgIpc) is 3.44. The third kappa shape index (κ3) is 7.18. The minimum Gasteiger partial charge on any atom is -0.444 e. The standard InChI is InChI=1S/C26H27ClN4O4S2/c1-15(29-25(33)35-26(2,3)4)13-18-19(16-9-6-5-7-10-16)20-21(37-18)22(31-23(27)30-20)34-24(32)28-14-17-11-8-12-36-17/h5-12,15H,13-14H2,1-4H3,(H,28,32)(H,29,33). The van der Waals surface area contributed by atoms with E-state index in [1.54, 1.807) is 0 Å². The maximum absolute atomic E-state index is 12.5. The van der Waals surface area contributed by atoms with Crippen LogP contribution >= 0.6 is 34.3 Å². The molecule has 4 aromatic rings. The molecule has 0 radical (unpaired) electrons. The smallest absolute Gasteiger partial charge is 0.414 e. The van der Waals surface area contributed by atoms with Crippen LogP contribution in [0.1, 0.15) is 37.4 Å². The third-order valence-corrected chi connectivity index (χ3v) is 7.28. The van der Waals surface area contributed by atoms with Crippen molar-refractivity contribution >= 4 is 56.7 Å². The molecule has 0 aliphatic carbocycles. The number of halogens is 1. The van der Waals surface area contributed by atoms with E-state index in [2.05, 4.69) is 20.6 Å². The van der Waals surface area contributed by atoms with Gasteiger partial charge in [-0.3, -0.25) is 0 Å². The summed E-state index contributed by atoms with van der Waals surface area (Å²) >= 11 is 9.21. The van der Waals surface area contributed by atoms with Gasteiger partial charge in [-0.15, -0.1) is 22.7 Å². The van der Waals surface area contributed by atoms with Crippen LogP contribution in [0.5, 0.6) is 5.88 Å². The van der Waals surface area contributed by atoms with Crippen molar-refractivity contribution in [1.82, 2.24) is 20.6 Å². The van der Waals surface area contributed by atoms with Gasteiger partial charge in [-0.2, -0.15) is 4.98 Å². The molecule has 11 heteroatoms. The highest BCUT2D eigenvalue weighted by Gasteiger charge is 2.24. The first-order valence-corrected chi connectivity index (χ1v) is 13.7. The second-order valence-corrected chi connectivity index (χ2v) is 11.8. The van der Waals surface area contributed by atoms with Crippen LogP contribution < -0.4 is 15.4 Å². The molecule has 37 heavy (non-hydrogen) atoms. The van der Waals surface area contributed by atoms with E-state index in [1.165, 1.54) is 22.7 Å². The van der Waals surface area contributed by atoms with Crippen LogP contribution in [0.2, 0.25) is 5.28 Å². The fourth-order valence-electron chi connectivity index (χ4n) is 3.62. The molecule has 3 heterocycles. The van der Waals surface area contributed by atoms with Crippen LogP contribution in [0.4, 0.5) is 9.59 Å². The van der Waals surface area contributed by atoms with Gasteiger partial charge in [0.25, 0.3) is 0 Å². The van der Waals surface area contributed by atoms with Crippen LogP contribution in [0, 0.1) is 0 Å². The molecule has 8 nitrogen and oxygen atoms in total. The van der Waals surface area contributed by atoms with Crippen LogP contribution in [0.25, 0.3) is 21.3 Å². The average molecular weight is 559 g/mol. The van der Waals surface area contributed by atoms with Crippen molar-refractivity contribution in [2.45, 2.75) is 52.3 Å². The number of hydrogen-bond donors (Lipinski definition) is 2. The van der Waals surface area contributed by atoms with Gasteiger partial charge in [-0.1, -0.05) is 36.4 Å². The first-order valence-electron chi connectivity index (χ1n) is 11.6. The molecule has 2 amide bonds. The van der Waals surface area contributed by atoms with Crippen molar-refractivity contribution in [2.75, 3.05) is 0 Å². The molecule has 2 N–H and O–H groups in total. The van der Waals surface area contributed by atoms with Crippen LogP contribution in [0.3, 0.4) is 0 Å². The molecule has 0 aliphatic rings. The van der Waals surface area contributed by atoms with Gasteiger partial charge in [-0.25, -0.2) is 14.6 Å². The maximum atomic E-state index is 12.5. The van der Waals surface area contributed by atoms with Gasteiger partial charge >= 0.3 is 12.2 Å². The molecule has 0 spiro atoms. The van der Waals surface area contributed by atoms with E-state index in [-0.39, 0.29) is 17.2 Å². The molecule has 194 valence electrons. The monoisotopic (exact) mass is 558 g/mol. The Morgan fingerprint density at radius 3 is 2.51 bits per heavy atom. The van der Waals surface area contributed by atoms with Crippen molar-refractivity contribution in [1.29, 1.82) is 0 Å². The second-order valence-electron chi connectivity index (χ2n) is 9.32. The summed E-state index contributed by atoms with van der Waals surface area (Å²) in [5.41, 5.74) is 1.76. The van der Waals surface area contributed by atoms with E-state index >= 15 is 0 Å². The molecule has 0 saturated heterocycles. The predicted molar refractivity (Wildman–Crippen MR) is 148 cm³/mol. The van der Waals surface area contributed by atoms with Gasteiger partial charge in [0.1, 0.15) is 10.3 Å². The van der Waals surface area contributed by atoms with Crippen LogP contribution in [0.15, 0.2) is 47.8 Å². The number of amides is 2. The number of aromatic nitrogens is 2. The summed E-state index contributed by atoms with van der Waals surface area (Å²) in [6.45, 7) is 7.69. The zero-order valence-corrected chi connectivity index (χ0v) is 23.2. The molecule has 0 fully saturated rings. The Morgan fingerprint density at radius 2 is 1.84 bits per heavy atom. The zero-order valence-electron chi connectivity index (χ0n) is 20.8. The Labute approximate surface area is 228 Å². The van der Waals surface area contributed by atoms with Crippen molar-refractivity contribution in [3.63, 3.8) is 0 Å². The number of alkyl carbamates (subject to hydrolysis) is 1. The Morgan fingerprint density at radius 1 is 1.08 bits per heavy atom. The first-order chi connectivity index (χ1) is 17.6. The highest BCUT2D eigenvalue weighted by Crippen LogP contribution is 2.42. The highest BCUT2D eigenvalue weighted by atomic mass is 35.5. The van der Waals surface area contributed by atoms with Crippen molar-refractivity contribution in [3.05, 3.63) is 62.9 Å². The highest BCUT2D eigenvalue weighted by molar-refractivity contribution is 7.20. The van der Waals surface area contributed by atoms with Gasteiger partial charge in [0, 0.05) is 27.8 Å². The van der Waals surface area contributed by atoms with E-state index < -0.39 is 17.8 Å². The molecule has 0 bridgehead atoms. The number of ether oxygens (including phenoxy) is 2. The Kier molecular flexibility index (Phi) is 8.31. The topological polar surface area (TPSA) is 102 Å². The van der Waals surface area contributed by atoms with Crippen LogP contribution in [-0.4, -0.2) is 33.8 Å². The Balaban J connectivity index is 1.65. The number of fused-ring (bicyclic) bond motifs is 1. The molecular weight excluding hydrogens is 532 g/mol.